The van der Waals surface area contributed by atoms with Gasteiger partial charge in [-0.05, 0) is 62.6 Å². The molecular weight excluding hydrogens is 462 g/mol. The molecule has 8 heteroatoms. The maximum Gasteiger partial charge on any atom is 0.248 e. The second-order valence-electron chi connectivity index (χ2n) is 10.9. The average Bonchev–Trinajstić information content (AvgIpc) is 3.45. The number of carbonyl (C=O) groups is 3. The fourth-order valence-electron chi connectivity index (χ4n) is 6.34. The van der Waals surface area contributed by atoms with Gasteiger partial charge in [0.05, 0.1) is 29.2 Å². The minimum atomic E-state index is -0.727. The summed E-state index contributed by atoms with van der Waals surface area (Å²) in [4.78, 5) is 42.9. The van der Waals surface area contributed by atoms with E-state index in [9.17, 15) is 19.5 Å². The summed E-state index contributed by atoms with van der Waals surface area (Å²) >= 11 is 1.66. The minimum Gasteiger partial charge on any atom is -0.394 e. The lowest BCUT2D eigenvalue weighted by atomic mass is 9.70. The number of fused-ring (bicyclic) bond motifs is 1. The first-order valence-electron chi connectivity index (χ1n) is 12.9. The summed E-state index contributed by atoms with van der Waals surface area (Å²) in [5.41, 5.74) is 2.73. The van der Waals surface area contributed by atoms with E-state index in [1.807, 2.05) is 39.0 Å². The smallest absolute Gasteiger partial charge is 0.248 e. The molecule has 2 unspecified atom stereocenters. The van der Waals surface area contributed by atoms with Crippen LogP contribution in [0.3, 0.4) is 0 Å². The van der Waals surface area contributed by atoms with E-state index in [-0.39, 0.29) is 35.5 Å². The Kier molecular flexibility index (Phi) is 7.53. The number of likely N-dealkylation sites (tertiary alicyclic amines) is 1. The number of rotatable bonds is 9. The molecule has 0 aromatic heterocycles. The van der Waals surface area contributed by atoms with Gasteiger partial charge in [0, 0.05) is 17.5 Å². The molecule has 3 N–H and O–H groups in total. The second-order valence-corrected chi connectivity index (χ2v) is 12.5. The molecule has 4 rings (SSSR count). The van der Waals surface area contributed by atoms with Crippen LogP contribution in [0, 0.1) is 31.6 Å². The van der Waals surface area contributed by atoms with Crippen LogP contribution >= 0.6 is 11.8 Å². The van der Waals surface area contributed by atoms with Gasteiger partial charge in [0.2, 0.25) is 17.7 Å². The molecule has 3 aliphatic rings. The third-order valence-corrected chi connectivity index (χ3v) is 9.79. The lowest BCUT2D eigenvalue weighted by molar-refractivity contribution is -0.142. The number of anilines is 1. The molecule has 35 heavy (non-hydrogen) atoms. The van der Waals surface area contributed by atoms with E-state index >= 15 is 0 Å². The van der Waals surface area contributed by atoms with Crippen LogP contribution in [0.15, 0.2) is 18.2 Å². The number of amides is 3. The van der Waals surface area contributed by atoms with Crippen LogP contribution in [0.5, 0.6) is 0 Å². The van der Waals surface area contributed by atoms with Crippen LogP contribution in [0.1, 0.15) is 57.6 Å². The van der Waals surface area contributed by atoms with Gasteiger partial charge in [-0.15, -0.1) is 11.8 Å². The fourth-order valence-corrected chi connectivity index (χ4v) is 8.55. The summed E-state index contributed by atoms with van der Waals surface area (Å²) < 4.78 is -0.651. The molecule has 0 saturated carbocycles. The van der Waals surface area contributed by atoms with Gasteiger partial charge in [-0.3, -0.25) is 14.4 Å². The Labute approximate surface area is 212 Å². The topological polar surface area (TPSA) is 98.7 Å². The van der Waals surface area contributed by atoms with Crippen molar-refractivity contribution >= 4 is 35.2 Å². The number of hydrogen-bond donors (Lipinski definition) is 3. The molecule has 7 nitrogen and oxygen atoms in total. The fraction of sp³-hybridized carbons (Fsp3) is 0.667. The molecule has 0 aliphatic carbocycles. The van der Waals surface area contributed by atoms with Crippen molar-refractivity contribution in [3.05, 3.63) is 29.3 Å². The van der Waals surface area contributed by atoms with Gasteiger partial charge in [-0.1, -0.05) is 32.9 Å². The van der Waals surface area contributed by atoms with Crippen LogP contribution in [0.2, 0.25) is 0 Å². The van der Waals surface area contributed by atoms with Crippen LogP contribution in [0.25, 0.3) is 0 Å². The van der Waals surface area contributed by atoms with Gasteiger partial charge < -0.3 is 20.6 Å². The highest BCUT2D eigenvalue weighted by molar-refractivity contribution is 8.02. The lowest BCUT2D eigenvalue weighted by Crippen LogP contribution is -2.55. The van der Waals surface area contributed by atoms with Gasteiger partial charge in [0.1, 0.15) is 6.04 Å². The molecule has 6 atom stereocenters. The summed E-state index contributed by atoms with van der Waals surface area (Å²) in [5, 5.41) is 16.5. The Morgan fingerprint density at radius 1 is 1.26 bits per heavy atom. The number of thioether (sulfide) groups is 1. The Balaban J connectivity index is 1.74. The van der Waals surface area contributed by atoms with E-state index < -0.39 is 28.7 Å². The number of aliphatic hydroxyl groups excluding tert-OH is 1. The Bertz CT molecular complexity index is 999. The summed E-state index contributed by atoms with van der Waals surface area (Å²) in [7, 11) is 0. The van der Waals surface area contributed by atoms with Crippen molar-refractivity contribution in [1.29, 1.82) is 0 Å². The van der Waals surface area contributed by atoms with Crippen LogP contribution in [-0.4, -0.2) is 63.0 Å². The summed E-state index contributed by atoms with van der Waals surface area (Å²) in [6, 6.07) is 4.74. The largest absolute Gasteiger partial charge is 0.394 e. The molecule has 1 aromatic carbocycles. The third kappa shape index (κ3) is 4.48. The Morgan fingerprint density at radius 3 is 2.66 bits per heavy atom. The van der Waals surface area contributed by atoms with Crippen molar-refractivity contribution in [2.75, 3.05) is 18.5 Å². The van der Waals surface area contributed by atoms with E-state index in [1.54, 1.807) is 16.7 Å². The van der Waals surface area contributed by atoms with Crippen LogP contribution in [0.4, 0.5) is 5.69 Å². The van der Waals surface area contributed by atoms with Crippen molar-refractivity contribution in [2.24, 2.45) is 17.8 Å². The summed E-state index contributed by atoms with van der Waals surface area (Å²) in [5.74, 6) is -1.19. The van der Waals surface area contributed by atoms with E-state index in [0.29, 0.717) is 13.0 Å². The first-order chi connectivity index (χ1) is 16.6. The normalized spacial score (nSPS) is 30.0. The minimum absolute atomic E-state index is 0.0386. The van der Waals surface area contributed by atoms with Gasteiger partial charge in [-0.25, -0.2) is 0 Å². The number of aryl methyl sites for hydroxylation is 2. The first kappa shape index (κ1) is 26.0. The Morgan fingerprint density at radius 2 is 2.00 bits per heavy atom. The van der Waals surface area contributed by atoms with Crippen molar-refractivity contribution in [2.45, 2.75) is 82.4 Å². The highest BCUT2D eigenvalue weighted by Crippen LogP contribution is 2.66. The zero-order valence-electron chi connectivity index (χ0n) is 21.5. The van der Waals surface area contributed by atoms with Gasteiger partial charge in [0.25, 0.3) is 0 Å². The van der Waals surface area contributed by atoms with E-state index in [2.05, 4.69) is 24.5 Å². The molecule has 3 fully saturated rings. The van der Waals surface area contributed by atoms with Crippen LogP contribution < -0.4 is 10.6 Å². The molecule has 1 aromatic rings. The first-order valence-corrected chi connectivity index (χ1v) is 13.8. The Hall–Kier alpha value is -2.06. The zero-order chi connectivity index (χ0) is 25.5. The van der Waals surface area contributed by atoms with Crippen molar-refractivity contribution in [3.63, 3.8) is 0 Å². The monoisotopic (exact) mass is 501 g/mol. The molecule has 192 valence electrons. The molecule has 1 spiro atoms. The predicted molar refractivity (Wildman–Crippen MR) is 139 cm³/mol. The number of nitrogens with one attached hydrogen (secondary N) is 2. The van der Waals surface area contributed by atoms with Crippen molar-refractivity contribution in [1.82, 2.24) is 10.2 Å². The predicted octanol–water partition coefficient (Wildman–Crippen LogP) is 3.27. The average molecular weight is 502 g/mol. The number of benzene rings is 1. The molecule has 0 radical (unpaired) electrons. The van der Waals surface area contributed by atoms with Crippen LogP contribution in [-0.2, 0) is 14.4 Å². The zero-order valence-corrected chi connectivity index (χ0v) is 22.3. The van der Waals surface area contributed by atoms with Crippen molar-refractivity contribution < 1.29 is 19.5 Å². The quantitative estimate of drug-likeness (QED) is 0.482. The standard InChI is InChI=1S/C27H39N3O4S/c1-6-11-28-24(32)21-20-9-10-27(35-20)22(21)26(34)30(18(14-31)12-15(2)3)23(27)25(33)29-19-13-16(4)7-8-17(19)5/h7-8,13,15,18,20-23,31H,6,9-12,14H2,1-5H3,(H,28,32)(H,29,33)/t18-,20+,21-,22+,23?,27?/m1/s1. The molecule has 3 saturated heterocycles. The molecule has 2 bridgehead atoms. The number of carbonyl (C=O) groups excluding carboxylic acids is 3. The summed E-state index contributed by atoms with van der Waals surface area (Å²) in [6.45, 7) is 10.4. The van der Waals surface area contributed by atoms with Gasteiger partial charge >= 0.3 is 0 Å². The van der Waals surface area contributed by atoms with Gasteiger partial charge in [-0.2, -0.15) is 0 Å². The van der Waals surface area contributed by atoms with E-state index in [1.165, 1.54) is 0 Å². The lowest BCUT2D eigenvalue weighted by Gasteiger charge is -2.37. The molecule has 3 heterocycles. The highest BCUT2D eigenvalue weighted by atomic mass is 32.2. The van der Waals surface area contributed by atoms with Crippen molar-refractivity contribution in [3.8, 4) is 0 Å². The van der Waals surface area contributed by atoms with E-state index in [4.69, 9.17) is 0 Å². The SMILES string of the molecule is CCCNC(=O)[C@@H]1[C@@H]2CCC3(S2)C(C(=O)Nc2cc(C)ccc2C)N([C@@H](CO)CC(C)C)C(=O)[C@H]13. The number of aliphatic hydroxyl groups is 1. The molecule has 3 amide bonds. The third-order valence-electron chi connectivity index (χ3n) is 7.84. The maximum absolute atomic E-state index is 14.1. The molecular formula is C27H39N3O4S. The number of hydrogen-bond acceptors (Lipinski definition) is 5. The maximum atomic E-state index is 14.1. The van der Waals surface area contributed by atoms with Gasteiger partial charge in [0.15, 0.2) is 0 Å². The highest BCUT2D eigenvalue weighted by Gasteiger charge is 2.74. The summed E-state index contributed by atoms with van der Waals surface area (Å²) in [6.07, 6.45) is 2.96. The second kappa shape index (κ2) is 10.1. The van der Waals surface area contributed by atoms with E-state index in [0.717, 1.165) is 36.1 Å². The number of nitrogens with zero attached hydrogens (tertiary/aromatic N) is 1. The molecule has 3 aliphatic heterocycles.